The molecule has 0 aliphatic heterocycles. The highest BCUT2D eigenvalue weighted by Gasteiger charge is 2.09. The van der Waals surface area contributed by atoms with Gasteiger partial charge in [-0.1, -0.05) is 32.8 Å². The highest BCUT2D eigenvalue weighted by Crippen LogP contribution is 2.29. The van der Waals surface area contributed by atoms with Gasteiger partial charge >= 0.3 is 0 Å². The number of ether oxygens (including phenoxy) is 1. The molecule has 0 spiro atoms. The summed E-state index contributed by atoms with van der Waals surface area (Å²) in [4.78, 5) is 2.29. The fourth-order valence-corrected chi connectivity index (χ4v) is 2.31. The molecule has 1 N–H and O–H groups in total. The lowest BCUT2D eigenvalue weighted by atomic mass is 10.1. The van der Waals surface area contributed by atoms with E-state index in [4.69, 9.17) is 4.74 Å². The maximum atomic E-state index is 5.84. The standard InChI is InChI=1S/C18H32N2O/c1-5-8-12-19-15-16-10-11-17(18(14-16)21-7-3)20(4)13-9-6-2/h10-11,14,19H,5-9,12-13,15H2,1-4H3. The molecule has 0 heterocycles. The van der Waals surface area contributed by atoms with Crippen LogP contribution in [0.15, 0.2) is 18.2 Å². The Kier molecular flexibility index (Phi) is 8.91. The van der Waals surface area contributed by atoms with Crippen molar-refractivity contribution in [3.63, 3.8) is 0 Å². The lowest BCUT2D eigenvalue weighted by Crippen LogP contribution is -2.20. The van der Waals surface area contributed by atoms with Gasteiger partial charge in [-0.3, -0.25) is 0 Å². The molecule has 120 valence electrons. The van der Waals surface area contributed by atoms with Crippen molar-refractivity contribution in [2.24, 2.45) is 0 Å². The van der Waals surface area contributed by atoms with Crippen LogP contribution in [0.25, 0.3) is 0 Å². The van der Waals surface area contributed by atoms with Crippen molar-refractivity contribution in [1.82, 2.24) is 5.32 Å². The number of hydrogen-bond donors (Lipinski definition) is 1. The molecule has 0 unspecified atom stereocenters. The van der Waals surface area contributed by atoms with Crippen LogP contribution in [-0.2, 0) is 6.54 Å². The SMILES string of the molecule is CCCCNCc1ccc(N(C)CCCC)c(OCC)c1. The summed E-state index contributed by atoms with van der Waals surface area (Å²) in [6.45, 7) is 10.3. The molecule has 1 rings (SSSR count). The lowest BCUT2D eigenvalue weighted by molar-refractivity contribution is 0.340. The van der Waals surface area contributed by atoms with Gasteiger partial charge in [0.25, 0.3) is 0 Å². The molecule has 0 radical (unpaired) electrons. The lowest BCUT2D eigenvalue weighted by Gasteiger charge is -2.22. The number of nitrogens with zero attached hydrogens (tertiary/aromatic N) is 1. The van der Waals surface area contributed by atoms with Crippen LogP contribution in [0, 0.1) is 0 Å². The first kappa shape index (κ1) is 17.8. The first-order valence-corrected chi connectivity index (χ1v) is 8.40. The second-order valence-electron chi connectivity index (χ2n) is 5.54. The minimum absolute atomic E-state index is 0.710. The number of anilines is 1. The van der Waals surface area contributed by atoms with Gasteiger partial charge in [-0.05, 0) is 44.0 Å². The summed E-state index contributed by atoms with van der Waals surface area (Å²) < 4.78 is 5.84. The molecule has 3 heteroatoms. The highest BCUT2D eigenvalue weighted by molar-refractivity contribution is 5.59. The van der Waals surface area contributed by atoms with Crippen LogP contribution < -0.4 is 15.0 Å². The van der Waals surface area contributed by atoms with E-state index in [1.807, 2.05) is 6.92 Å². The molecule has 0 saturated heterocycles. The van der Waals surface area contributed by atoms with Crippen molar-refractivity contribution in [2.45, 2.75) is 53.0 Å². The Hall–Kier alpha value is -1.22. The Morgan fingerprint density at radius 3 is 2.52 bits per heavy atom. The Bertz CT molecular complexity index is 393. The Morgan fingerprint density at radius 1 is 1.10 bits per heavy atom. The van der Waals surface area contributed by atoms with Crippen LogP contribution in [0.3, 0.4) is 0 Å². The quantitative estimate of drug-likeness (QED) is 0.618. The molecular formula is C18H32N2O. The minimum atomic E-state index is 0.710. The maximum Gasteiger partial charge on any atom is 0.142 e. The van der Waals surface area contributed by atoms with E-state index in [1.54, 1.807) is 0 Å². The van der Waals surface area contributed by atoms with Crippen molar-refractivity contribution < 1.29 is 4.74 Å². The molecule has 0 fully saturated rings. The molecular weight excluding hydrogens is 260 g/mol. The zero-order chi connectivity index (χ0) is 15.5. The molecule has 21 heavy (non-hydrogen) atoms. The molecule has 3 nitrogen and oxygen atoms in total. The van der Waals surface area contributed by atoms with Gasteiger partial charge < -0.3 is 15.0 Å². The number of unbranched alkanes of at least 4 members (excludes halogenated alkanes) is 2. The van der Waals surface area contributed by atoms with E-state index in [2.05, 4.69) is 49.3 Å². The first-order chi connectivity index (χ1) is 10.2. The van der Waals surface area contributed by atoms with Gasteiger partial charge in [-0.25, -0.2) is 0 Å². The van der Waals surface area contributed by atoms with Crippen LogP contribution in [-0.4, -0.2) is 26.7 Å². The van der Waals surface area contributed by atoms with Crippen LogP contribution in [0.4, 0.5) is 5.69 Å². The van der Waals surface area contributed by atoms with Crippen LogP contribution in [0.2, 0.25) is 0 Å². The number of hydrogen-bond acceptors (Lipinski definition) is 3. The van der Waals surface area contributed by atoms with E-state index in [0.717, 1.165) is 25.4 Å². The number of rotatable bonds is 11. The van der Waals surface area contributed by atoms with E-state index in [-0.39, 0.29) is 0 Å². The molecule has 0 amide bonds. The Balaban J connectivity index is 2.71. The molecule has 0 aliphatic carbocycles. The molecule has 0 saturated carbocycles. The summed E-state index contributed by atoms with van der Waals surface area (Å²) in [5.74, 6) is 1.01. The minimum Gasteiger partial charge on any atom is -0.492 e. The average molecular weight is 292 g/mol. The second-order valence-corrected chi connectivity index (χ2v) is 5.54. The molecule has 1 aromatic rings. The zero-order valence-corrected chi connectivity index (χ0v) is 14.2. The van der Waals surface area contributed by atoms with Crippen LogP contribution in [0.5, 0.6) is 5.75 Å². The number of nitrogens with one attached hydrogen (secondary N) is 1. The molecule has 1 aromatic carbocycles. The van der Waals surface area contributed by atoms with Crippen LogP contribution in [0.1, 0.15) is 52.0 Å². The predicted molar refractivity (Wildman–Crippen MR) is 92.4 cm³/mol. The predicted octanol–water partition coefficient (Wildman–Crippen LogP) is 4.21. The van der Waals surface area contributed by atoms with E-state index < -0.39 is 0 Å². The average Bonchev–Trinajstić information content (AvgIpc) is 2.50. The monoisotopic (exact) mass is 292 g/mol. The van der Waals surface area contributed by atoms with Crippen molar-refractivity contribution >= 4 is 5.69 Å². The topological polar surface area (TPSA) is 24.5 Å². The Morgan fingerprint density at radius 2 is 1.86 bits per heavy atom. The summed E-state index contributed by atoms with van der Waals surface area (Å²) in [7, 11) is 2.15. The molecule has 0 aromatic heterocycles. The Labute approximate surface area is 130 Å². The van der Waals surface area contributed by atoms with Gasteiger partial charge in [0.05, 0.1) is 12.3 Å². The van der Waals surface area contributed by atoms with Gasteiger partial charge in [0, 0.05) is 20.1 Å². The first-order valence-electron chi connectivity index (χ1n) is 8.40. The van der Waals surface area contributed by atoms with Crippen LogP contribution >= 0.6 is 0 Å². The van der Waals surface area contributed by atoms with Gasteiger partial charge in [0.2, 0.25) is 0 Å². The molecule has 0 atom stereocenters. The third-order valence-electron chi connectivity index (χ3n) is 3.62. The summed E-state index contributed by atoms with van der Waals surface area (Å²) in [6.07, 6.45) is 4.89. The van der Waals surface area contributed by atoms with E-state index in [1.165, 1.54) is 36.9 Å². The van der Waals surface area contributed by atoms with Gasteiger partial charge in [-0.15, -0.1) is 0 Å². The normalized spacial score (nSPS) is 10.7. The number of benzene rings is 1. The van der Waals surface area contributed by atoms with Crippen molar-refractivity contribution in [3.05, 3.63) is 23.8 Å². The van der Waals surface area contributed by atoms with Gasteiger partial charge in [-0.2, -0.15) is 0 Å². The smallest absolute Gasteiger partial charge is 0.142 e. The summed E-state index contributed by atoms with van der Waals surface area (Å²) in [5, 5.41) is 3.49. The van der Waals surface area contributed by atoms with Gasteiger partial charge in [0.15, 0.2) is 0 Å². The summed E-state index contributed by atoms with van der Waals surface area (Å²) in [6, 6.07) is 6.58. The van der Waals surface area contributed by atoms with E-state index in [0.29, 0.717) is 6.61 Å². The maximum absolute atomic E-state index is 5.84. The van der Waals surface area contributed by atoms with Gasteiger partial charge in [0.1, 0.15) is 5.75 Å². The third-order valence-corrected chi connectivity index (χ3v) is 3.62. The van der Waals surface area contributed by atoms with E-state index >= 15 is 0 Å². The van der Waals surface area contributed by atoms with Crippen molar-refractivity contribution in [2.75, 3.05) is 31.6 Å². The van der Waals surface area contributed by atoms with E-state index in [9.17, 15) is 0 Å². The molecule has 0 bridgehead atoms. The second kappa shape index (κ2) is 10.5. The summed E-state index contributed by atoms with van der Waals surface area (Å²) >= 11 is 0. The van der Waals surface area contributed by atoms with Crippen molar-refractivity contribution in [1.29, 1.82) is 0 Å². The highest BCUT2D eigenvalue weighted by atomic mass is 16.5. The largest absolute Gasteiger partial charge is 0.492 e. The zero-order valence-electron chi connectivity index (χ0n) is 14.2. The fraction of sp³-hybridized carbons (Fsp3) is 0.667. The third kappa shape index (κ3) is 6.38. The van der Waals surface area contributed by atoms with Crippen molar-refractivity contribution in [3.8, 4) is 5.75 Å². The summed E-state index contributed by atoms with van der Waals surface area (Å²) in [5.41, 5.74) is 2.49. The fourth-order valence-electron chi connectivity index (χ4n) is 2.31. The molecule has 0 aliphatic rings.